The summed E-state index contributed by atoms with van der Waals surface area (Å²) in [5.41, 5.74) is 0. The quantitative estimate of drug-likeness (QED) is 0.464. The van der Waals surface area contributed by atoms with Gasteiger partial charge >= 0.3 is 0 Å². The van der Waals surface area contributed by atoms with E-state index in [9.17, 15) is 4.39 Å². The number of unbranched alkanes of at least 4 members (excludes halogenated alkanes) is 3. The maximum absolute atomic E-state index is 12.5. The van der Waals surface area contributed by atoms with Crippen LogP contribution in [0.25, 0.3) is 0 Å². The predicted octanol–water partition coefficient (Wildman–Crippen LogP) is 3.69. The number of rotatable bonds is 6. The first-order valence-electron chi connectivity index (χ1n) is 4.01. The van der Waals surface area contributed by atoms with Crippen molar-refractivity contribution in [2.45, 2.75) is 45.2 Å². The summed E-state index contributed by atoms with van der Waals surface area (Å²) in [4.78, 5) is 0. The highest BCUT2D eigenvalue weighted by Gasteiger charge is 2.01. The summed E-state index contributed by atoms with van der Waals surface area (Å²) in [6, 6.07) is 0. The summed E-state index contributed by atoms with van der Waals surface area (Å²) >= 11 is 3.11. The third-order valence-electron chi connectivity index (χ3n) is 1.54. The first-order chi connectivity index (χ1) is 4.81. The number of halogens is 2. The van der Waals surface area contributed by atoms with Gasteiger partial charge in [0.25, 0.3) is 0 Å². The molecule has 0 fully saturated rings. The average Bonchev–Trinajstić information content (AvgIpc) is 1.98. The van der Waals surface area contributed by atoms with Crippen LogP contribution in [0, 0.1) is 0 Å². The van der Waals surface area contributed by atoms with E-state index in [1.54, 1.807) is 0 Å². The van der Waals surface area contributed by atoms with Gasteiger partial charge in [-0.15, -0.1) is 0 Å². The van der Waals surface area contributed by atoms with Gasteiger partial charge in [-0.3, -0.25) is 0 Å². The van der Waals surface area contributed by atoms with Gasteiger partial charge in [0.2, 0.25) is 0 Å². The maximum atomic E-state index is 12.5. The molecule has 10 heavy (non-hydrogen) atoms. The number of hydrogen-bond acceptors (Lipinski definition) is 0. The monoisotopic (exact) mass is 210 g/mol. The van der Waals surface area contributed by atoms with Crippen molar-refractivity contribution in [3.8, 4) is 0 Å². The Bertz CT molecular complexity index is 66.3. The lowest BCUT2D eigenvalue weighted by Crippen LogP contribution is -2.00. The van der Waals surface area contributed by atoms with Crippen LogP contribution in [0.3, 0.4) is 0 Å². The Balaban J connectivity index is 2.89. The minimum atomic E-state index is -0.628. The van der Waals surface area contributed by atoms with E-state index >= 15 is 0 Å². The molecule has 0 aliphatic carbocycles. The van der Waals surface area contributed by atoms with Crippen molar-refractivity contribution < 1.29 is 4.39 Å². The molecule has 0 nitrogen and oxygen atoms in total. The molecule has 0 unspecified atom stereocenters. The fourth-order valence-corrected chi connectivity index (χ4v) is 1.19. The predicted molar refractivity (Wildman–Crippen MR) is 47.4 cm³/mol. The van der Waals surface area contributed by atoms with E-state index in [2.05, 4.69) is 22.9 Å². The minimum absolute atomic E-state index is 0.499. The molecule has 0 amide bonds. The Morgan fingerprint density at radius 2 is 2.00 bits per heavy atom. The van der Waals surface area contributed by atoms with Gasteiger partial charge in [-0.05, 0) is 6.42 Å². The molecule has 2 heteroatoms. The van der Waals surface area contributed by atoms with Crippen molar-refractivity contribution in [3.05, 3.63) is 0 Å². The molecule has 1 atom stereocenters. The van der Waals surface area contributed by atoms with Gasteiger partial charge in [0.15, 0.2) is 0 Å². The lowest BCUT2D eigenvalue weighted by Gasteiger charge is -2.02. The molecule has 0 aliphatic heterocycles. The summed E-state index contributed by atoms with van der Waals surface area (Å²) in [7, 11) is 0. The molecule has 0 aromatic rings. The lowest BCUT2D eigenvalue weighted by atomic mass is 10.1. The standard InChI is InChI=1S/C8H16BrF/c1-2-3-4-5-6-8(10)7-9/h8H,2-7H2,1H3/t8-/m1/s1. The molecule has 0 aromatic carbocycles. The highest BCUT2D eigenvalue weighted by molar-refractivity contribution is 9.09. The molecule has 0 bridgehead atoms. The molecule has 0 saturated heterocycles. The molecule has 0 rings (SSSR count). The Hall–Kier alpha value is 0.410. The van der Waals surface area contributed by atoms with E-state index in [0.29, 0.717) is 5.33 Å². The molecule has 62 valence electrons. The normalized spacial score (nSPS) is 13.5. The van der Waals surface area contributed by atoms with E-state index in [4.69, 9.17) is 0 Å². The van der Waals surface area contributed by atoms with E-state index in [1.807, 2.05) is 0 Å². The summed E-state index contributed by atoms with van der Waals surface area (Å²) in [6.45, 7) is 2.16. The summed E-state index contributed by atoms with van der Waals surface area (Å²) in [6.07, 6.45) is 4.80. The van der Waals surface area contributed by atoms with Crippen LogP contribution in [0.5, 0.6) is 0 Å². The van der Waals surface area contributed by atoms with Gasteiger partial charge in [-0.2, -0.15) is 0 Å². The van der Waals surface area contributed by atoms with Crippen LogP contribution >= 0.6 is 15.9 Å². The molecule has 0 radical (unpaired) electrons. The van der Waals surface area contributed by atoms with E-state index < -0.39 is 6.17 Å². The highest BCUT2D eigenvalue weighted by atomic mass is 79.9. The lowest BCUT2D eigenvalue weighted by molar-refractivity contribution is 0.337. The topological polar surface area (TPSA) is 0 Å². The van der Waals surface area contributed by atoms with Crippen LogP contribution in [-0.2, 0) is 0 Å². The maximum Gasteiger partial charge on any atom is 0.110 e. The van der Waals surface area contributed by atoms with Crippen molar-refractivity contribution in [3.63, 3.8) is 0 Å². The van der Waals surface area contributed by atoms with Crippen molar-refractivity contribution in [2.24, 2.45) is 0 Å². The van der Waals surface area contributed by atoms with Crippen molar-refractivity contribution in [1.82, 2.24) is 0 Å². The molecule has 0 spiro atoms. The van der Waals surface area contributed by atoms with Gasteiger partial charge in [0, 0.05) is 5.33 Å². The van der Waals surface area contributed by atoms with Crippen molar-refractivity contribution in [2.75, 3.05) is 5.33 Å². The van der Waals surface area contributed by atoms with Gasteiger partial charge in [0.05, 0.1) is 0 Å². The summed E-state index contributed by atoms with van der Waals surface area (Å²) in [5.74, 6) is 0. The zero-order chi connectivity index (χ0) is 7.82. The van der Waals surface area contributed by atoms with Crippen LogP contribution in [0.2, 0.25) is 0 Å². The van der Waals surface area contributed by atoms with Crippen LogP contribution in [0.15, 0.2) is 0 Å². The largest absolute Gasteiger partial charge is 0.247 e. The molecular formula is C8H16BrF. The molecule has 0 saturated carbocycles. The second kappa shape index (κ2) is 7.52. The van der Waals surface area contributed by atoms with Crippen LogP contribution < -0.4 is 0 Å². The van der Waals surface area contributed by atoms with Gasteiger partial charge in [-0.25, -0.2) is 4.39 Å². The first-order valence-corrected chi connectivity index (χ1v) is 5.13. The smallest absolute Gasteiger partial charge is 0.110 e. The van der Waals surface area contributed by atoms with E-state index in [-0.39, 0.29) is 0 Å². The minimum Gasteiger partial charge on any atom is -0.247 e. The van der Waals surface area contributed by atoms with Crippen molar-refractivity contribution >= 4 is 15.9 Å². The average molecular weight is 211 g/mol. The van der Waals surface area contributed by atoms with Gasteiger partial charge in [0.1, 0.15) is 6.17 Å². The molecule has 0 aromatic heterocycles. The fourth-order valence-electron chi connectivity index (χ4n) is 0.870. The molecular weight excluding hydrogens is 195 g/mol. The van der Waals surface area contributed by atoms with Crippen LogP contribution in [0.4, 0.5) is 4.39 Å². The van der Waals surface area contributed by atoms with Gasteiger partial charge < -0.3 is 0 Å². The summed E-state index contributed by atoms with van der Waals surface area (Å²) in [5, 5.41) is 0.499. The second-order valence-corrected chi connectivity index (χ2v) is 3.25. The third kappa shape index (κ3) is 6.53. The number of hydrogen-bond donors (Lipinski definition) is 0. The number of alkyl halides is 2. The van der Waals surface area contributed by atoms with E-state index in [0.717, 1.165) is 12.8 Å². The van der Waals surface area contributed by atoms with Crippen LogP contribution in [0.1, 0.15) is 39.0 Å². The SMILES string of the molecule is CCCCCC[C@@H](F)CBr. The molecule has 0 N–H and O–H groups in total. The summed E-state index contributed by atoms with van der Waals surface area (Å²) < 4.78 is 12.5. The Labute approximate surface area is 71.3 Å². The van der Waals surface area contributed by atoms with Crippen molar-refractivity contribution in [1.29, 1.82) is 0 Å². The first kappa shape index (κ1) is 10.4. The Kier molecular flexibility index (Phi) is 7.82. The molecule has 0 heterocycles. The fraction of sp³-hybridized carbons (Fsp3) is 1.00. The zero-order valence-electron chi connectivity index (χ0n) is 6.58. The third-order valence-corrected chi connectivity index (χ3v) is 2.24. The highest BCUT2D eigenvalue weighted by Crippen LogP contribution is 2.09. The zero-order valence-corrected chi connectivity index (χ0v) is 8.16. The molecule has 0 aliphatic rings. The second-order valence-electron chi connectivity index (χ2n) is 2.60. The Morgan fingerprint density at radius 1 is 1.30 bits per heavy atom. The Morgan fingerprint density at radius 3 is 2.50 bits per heavy atom. The van der Waals surface area contributed by atoms with E-state index in [1.165, 1.54) is 19.3 Å². The van der Waals surface area contributed by atoms with Crippen LogP contribution in [-0.4, -0.2) is 11.5 Å². The van der Waals surface area contributed by atoms with Gasteiger partial charge in [-0.1, -0.05) is 48.5 Å².